The smallest absolute Gasteiger partial charge is 0.245 e. The SMILES string of the molecule is [2H]C([2H])([2H])C([2H])(C([2H])([2H])[2H])[C@]([2H])(NC(=O)[C@@H](NC)C(C)C)C(=O)N(C)[C@@H]([C@@H](C)CC)[C@@H](CC(=O)N1CCC[C@H]1[C@H](OC)[C@@H](C)C(=O)N[C@H](C)[C@@H](O)c1ccccc1)OC. The van der Waals surface area contributed by atoms with Gasteiger partial charge in [-0.15, -0.1) is 0 Å². The maximum absolute atomic E-state index is 14.7. The van der Waals surface area contributed by atoms with Crippen molar-refractivity contribution in [1.29, 1.82) is 0 Å². The lowest BCUT2D eigenvalue weighted by Gasteiger charge is -2.41. The molecular weight excluding hydrogens is 650 g/mol. The molecule has 0 spiro atoms. The summed E-state index contributed by atoms with van der Waals surface area (Å²) in [6.07, 6.45) is -1.65. The molecule has 0 aromatic heterocycles. The summed E-state index contributed by atoms with van der Waals surface area (Å²) in [6.45, 7) is 2.96. The molecule has 1 aromatic rings. The summed E-state index contributed by atoms with van der Waals surface area (Å²) in [6, 6.07) is 1.96. The number of hydrogen-bond acceptors (Lipinski definition) is 8. The number of methoxy groups -OCH3 is 2. The summed E-state index contributed by atoms with van der Waals surface area (Å²) >= 11 is 0. The predicted molar refractivity (Wildman–Crippen MR) is 200 cm³/mol. The Morgan fingerprint density at radius 1 is 1.04 bits per heavy atom. The van der Waals surface area contributed by atoms with Gasteiger partial charge in [-0.05, 0) is 50.1 Å². The second-order valence-electron chi connectivity index (χ2n) is 14.0. The van der Waals surface area contributed by atoms with Crippen LogP contribution in [0.15, 0.2) is 30.3 Å². The third kappa shape index (κ3) is 11.5. The molecule has 51 heavy (non-hydrogen) atoms. The number of rotatable bonds is 20. The van der Waals surface area contributed by atoms with Crippen molar-refractivity contribution in [1.82, 2.24) is 25.8 Å². The van der Waals surface area contributed by atoms with Crippen molar-refractivity contribution in [2.45, 2.75) is 129 Å². The standard InChI is InChI=1S/C39H67N5O7/c1-13-25(6)34(43(10)39(49)33(24(4)5)42-38(48)32(40-9)23(2)3)30(50-11)22-31(45)44-21-17-20-29(44)36(51-12)26(7)37(47)41-27(8)35(46)28-18-15-14-16-19-28/h14-16,18-19,23-27,29-30,32-36,40,46H,13,17,20-22H2,1-12H3,(H,41,47)(H,42,48)/t25-,26+,27+,29-,30+,32-,33-,34-,35+,36+/m0/s1/i4D3,5D3,24D,33D. The number of likely N-dealkylation sites (N-methyl/N-ethyl adjacent to an activating group) is 2. The number of nitrogens with zero attached hydrogens (tertiary/aromatic N) is 2. The molecule has 4 N–H and O–H groups in total. The van der Waals surface area contributed by atoms with E-state index in [1.165, 1.54) is 28.3 Å². The number of ether oxygens (including phenoxy) is 2. The largest absolute Gasteiger partial charge is 0.386 e. The molecular formula is C39H67N5O7. The van der Waals surface area contributed by atoms with E-state index in [0.717, 1.165) is 4.90 Å². The number of likely N-dealkylation sites (tertiary alicyclic amines) is 1. The average Bonchev–Trinajstić information content (AvgIpc) is 3.65. The maximum Gasteiger partial charge on any atom is 0.245 e. The van der Waals surface area contributed by atoms with E-state index in [2.05, 4.69) is 16.0 Å². The molecule has 0 radical (unpaired) electrons. The normalized spacial score (nSPS) is 23.8. The van der Waals surface area contributed by atoms with Gasteiger partial charge in [-0.1, -0.05) is 85.1 Å². The first-order chi connectivity index (χ1) is 27.2. The summed E-state index contributed by atoms with van der Waals surface area (Å²) < 4.78 is 79.1. The molecule has 290 valence electrons. The van der Waals surface area contributed by atoms with Crippen LogP contribution in [0.4, 0.5) is 0 Å². The van der Waals surface area contributed by atoms with Crippen molar-refractivity contribution < 1.29 is 44.7 Å². The third-order valence-electron chi connectivity index (χ3n) is 10.2. The van der Waals surface area contributed by atoms with E-state index in [1.54, 1.807) is 70.7 Å². The van der Waals surface area contributed by atoms with E-state index < -0.39 is 104 Å². The topological polar surface area (TPSA) is 150 Å². The fourth-order valence-corrected chi connectivity index (χ4v) is 7.04. The Balaban J connectivity index is 2.51. The number of nitrogens with one attached hydrogen (secondary N) is 3. The number of hydrogen-bond donors (Lipinski definition) is 4. The number of aliphatic hydroxyl groups excluding tert-OH is 1. The van der Waals surface area contributed by atoms with Gasteiger partial charge in [-0.2, -0.15) is 0 Å². The third-order valence-corrected chi connectivity index (χ3v) is 10.2. The second kappa shape index (κ2) is 20.8. The molecule has 0 aliphatic carbocycles. The zero-order valence-corrected chi connectivity index (χ0v) is 32.0. The van der Waals surface area contributed by atoms with Crippen molar-refractivity contribution in [2.75, 3.05) is 34.9 Å². The molecule has 1 fully saturated rings. The maximum atomic E-state index is 14.7. The lowest BCUT2D eigenvalue weighted by molar-refractivity contribution is -0.148. The molecule has 1 aliphatic heterocycles. The molecule has 1 aliphatic rings. The fourth-order valence-electron chi connectivity index (χ4n) is 7.04. The summed E-state index contributed by atoms with van der Waals surface area (Å²) in [4.78, 5) is 58.7. The summed E-state index contributed by atoms with van der Waals surface area (Å²) in [5, 5.41) is 18.5. The van der Waals surface area contributed by atoms with E-state index in [-0.39, 0.29) is 12.3 Å². The second-order valence-corrected chi connectivity index (χ2v) is 14.0. The van der Waals surface area contributed by atoms with Gasteiger partial charge in [-0.3, -0.25) is 19.2 Å². The Labute approximate surface area is 318 Å². The summed E-state index contributed by atoms with van der Waals surface area (Å²) in [5.74, 6) is -8.90. The van der Waals surface area contributed by atoms with Gasteiger partial charge in [0.05, 0.1) is 56.2 Å². The van der Waals surface area contributed by atoms with E-state index in [9.17, 15) is 25.7 Å². The Morgan fingerprint density at radius 2 is 1.69 bits per heavy atom. The number of carbonyl (C=O) groups excluding carboxylic acids is 4. The Hall–Kier alpha value is -3.06. The molecule has 0 bridgehead atoms. The molecule has 0 unspecified atom stereocenters. The van der Waals surface area contributed by atoms with Crippen LogP contribution in [0, 0.1) is 23.6 Å². The Bertz CT molecular complexity index is 1540. The van der Waals surface area contributed by atoms with Crippen molar-refractivity contribution >= 4 is 23.6 Å². The minimum Gasteiger partial charge on any atom is -0.386 e. The quantitative estimate of drug-likeness (QED) is 0.160. The molecule has 12 nitrogen and oxygen atoms in total. The van der Waals surface area contributed by atoms with E-state index in [4.69, 9.17) is 19.1 Å². The van der Waals surface area contributed by atoms with Crippen LogP contribution >= 0.6 is 0 Å². The van der Waals surface area contributed by atoms with Crippen LogP contribution in [0.5, 0.6) is 0 Å². The van der Waals surface area contributed by atoms with E-state index in [1.807, 2.05) is 6.07 Å². The molecule has 10 atom stereocenters. The van der Waals surface area contributed by atoms with Crippen LogP contribution in [0.3, 0.4) is 0 Å². The lowest BCUT2D eigenvalue weighted by Crippen LogP contribution is -2.59. The monoisotopic (exact) mass is 726 g/mol. The lowest BCUT2D eigenvalue weighted by atomic mass is 9.89. The minimum atomic E-state index is -3.86. The summed E-state index contributed by atoms with van der Waals surface area (Å²) in [7, 11) is 5.40. The van der Waals surface area contributed by atoms with Crippen molar-refractivity contribution in [2.24, 2.45) is 23.6 Å². The molecule has 1 saturated heterocycles. The van der Waals surface area contributed by atoms with Gasteiger partial charge in [0.2, 0.25) is 23.6 Å². The van der Waals surface area contributed by atoms with Gasteiger partial charge in [0, 0.05) is 37.4 Å². The first-order valence-electron chi connectivity index (χ1n) is 21.9. The van der Waals surface area contributed by atoms with E-state index >= 15 is 0 Å². The van der Waals surface area contributed by atoms with Gasteiger partial charge < -0.3 is 40.3 Å². The van der Waals surface area contributed by atoms with Gasteiger partial charge in [0.25, 0.3) is 0 Å². The molecule has 12 heteroatoms. The van der Waals surface area contributed by atoms with Crippen LogP contribution in [-0.2, 0) is 28.7 Å². The van der Waals surface area contributed by atoms with Crippen molar-refractivity contribution in [3.05, 3.63) is 35.9 Å². The number of amides is 4. The highest BCUT2D eigenvalue weighted by Crippen LogP contribution is 2.30. The van der Waals surface area contributed by atoms with Gasteiger partial charge in [0.1, 0.15) is 6.02 Å². The highest BCUT2D eigenvalue weighted by atomic mass is 16.5. The highest BCUT2D eigenvalue weighted by Gasteiger charge is 2.43. The zero-order valence-electron chi connectivity index (χ0n) is 40.0. The Morgan fingerprint density at radius 3 is 2.22 bits per heavy atom. The Kier molecular flexibility index (Phi) is 13.3. The molecule has 1 aromatic carbocycles. The number of aliphatic hydroxyl groups is 1. The molecule has 0 saturated carbocycles. The van der Waals surface area contributed by atoms with E-state index in [0.29, 0.717) is 31.4 Å². The zero-order chi connectivity index (χ0) is 45.4. The van der Waals surface area contributed by atoms with Crippen LogP contribution in [0.25, 0.3) is 0 Å². The van der Waals surface area contributed by atoms with Crippen molar-refractivity contribution in [3.8, 4) is 0 Å². The van der Waals surface area contributed by atoms with Crippen molar-refractivity contribution in [3.63, 3.8) is 0 Å². The van der Waals surface area contributed by atoms with Gasteiger partial charge in [-0.25, -0.2) is 0 Å². The molecule has 4 amide bonds. The number of benzene rings is 1. The fraction of sp³-hybridized carbons (Fsp3) is 0.744. The highest BCUT2D eigenvalue weighted by molar-refractivity contribution is 5.90. The number of carbonyl (C=O) groups is 4. The van der Waals surface area contributed by atoms with Gasteiger partial charge in [0.15, 0.2) is 0 Å². The van der Waals surface area contributed by atoms with Gasteiger partial charge >= 0.3 is 0 Å². The molecule has 2 rings (SSSR count). The molecule has 1 heterocycles. The predicted octanol–water partition coefficient (Wildman–Crippen LogP) is 3.53. The first-order valence-corrected chi connectivity index (χ1v) is 17.9. The first kappa shape index (κ1) is 32.6. The van der Waals surface area contributed by atoms with Crippen LogP contribution in [-0.4, -0.2) is 116 Å². The minimum absolute atomic E-state index is 0.322. The summed E-state index contributed by atoms with van der Waals surface area (Å²) in [5.41, 5.74) is 0.639. The van der Waals surface area contributed by atoms with Crippen LogP contribution in [0.1, 0.15) is 104 Å². The average molecular weight is 726 g/mol. The van der Waals surface area contributed by atoms with Crippen LogP contribution in [0.2, 0.25) is 0 Å². The van der Waals surface area contributed by atoms with Crippen LogP contribution < -0.4 is 16.0 Å².